The van der Waals surface area contributed by atoms with Crippen LogP contribution >= 0.6 is 0 Å². The summed E-state index contributed by atoms with van der Waals surface area (Å²) in [6.07, 6.45) is 8.32. The van der Waals surface area contributed by atoms with Gasteiger partial charge in [-0.3, -0.25) is 4.79 Å². The summed E-state index contributed by atoms with van der Waals surface area (Å²) in [5.74, 6) is 0.731. The van der Waals surface area contributed by atoms with Crippen molar-refractivity contribution in [1.29, 1.82) is 0 Å². The average Bonchev–Trinajstić information content (AvgIpc) is 2.66. The SMILES string of the molecule is C=CCOc1ccc(/C=C/C(=O)N[C@H]2CCCc3ccccc32)cc1. The van der Waals surface area contributed by atoms with Crippen LogP contribution in [0.5, 0.6) is 5.75 Å². The Balaban J connectivity index is 1.59. The molecule has 3 rings (SSSR count). The molecule has 1 N–H and O–H groups in total. The molecular formula is C22H23NO2. The van der Waals surface area contributed by atoms with Crippen LogP contribution in [0.2, 0.25) is 0 Å². The minimum atomic E-state index is -0.0614. The van der Waals surface area contributed by atoms with Crippen molar-refractivity contribution in [2.75, 3.05) is 6.61 Å². The highest BCUT2D eigenvalue weighted by Crippen LogP contribution is 2.29. The number of fused-ring (bicyclic) bond motifs is 1. The van der Waals surface area contributed by atoms with Gasteiger partial charge in [0.05, 0.1) is 6.04 Å². The Morgan fingerprint density at radius 1 is 1.20 bits per heavy atom. The van der Waals surface area contributed by atoms with Crippen LogP contribution in [0.4, 0.5) is 0 Å². The predicted molar refractivity (Wildman–Crippen MR) is 101 cm³/mol. The topological polar surface area (TPSA) is 38.3 Å². The number of nitrogens with one attached hydrogen (secondary N) is 1. The molecule has 1 aliphatic rings. The van der Waals surface area contributed by atoms with Gasteiger partial charge in [-0.1, -0.05) is 49.1 Å². The van der Waals surface area contributed by atoms with Crippen LogP contribution in [0.3, 0.4) is 0 Å². The molecule has 2 aromatic rings. The van der Waals surface area contributed by atoms with Crippen molar-refractivity contribution in [3.63, 3.8) is 0 Å². The first kappa shape index (κ1) is 17.0. The van der Waals surface area contributed by atoms with E-state index in [9.17, 15) is 4.79 Å². The van der Waals surface area contributed by atoms with Gasteiger partial charge < -0.3 is 10.1 Å². The van der Waals surface area contributed by atoms with Gasteiger partial charge in [0.2, 0.25) is 5.91 Å². The molecule has 3 nitrogen and oxygen atoms in total. The van der Waals surface area contributed by atoms with Gasteiger partial charge in [-0.25, -0.2) is 0 Å². The zero-order valence-electron chi connectivity index (χ0n) is 14.3. The van der Waals surface area contributed by atoms with E-state index >= 15 is 0 Å². The number of aryl methyl sites for hydroxylation is 1. The zero-order chi connectivity index (χ0) is 17.5. The van der Waals surface area contributed by atoms with Crippen molar-refractivity contribution < 1.29 is 9.53 Å². The molecule has 0 aliphatic heterocycles. The Morgan fingerprint density at radius 2 is 2.00 bits per heavy atom. The maximum atomic E-state index is 12.3. The van der Waals surface area contributed by atoms with Gasteiger partial charge in [-0.15, -0.1) is 0 Å². The third kappa shape index (κ3) is 4.60. The summed E-state index contributed by atoms with van der Waals surface area (Å²) in [6, 6.07) is 16.1. The molecule has 128 valence electrons. The van der Waals surface area contributed by atoms with E-state index in [2.05, 4.69) is 30.1 Å². The first-order valence-corrected chi connectivity index (χ1v) is 8.66. The summed E-state index contributed by atoms with van der Waals surface area (Å²) in [7, 11) is 0. The maximum absolute atomic E-state index is 12.3. The van der Waals surface area contributed by atoms with Crippen LogP contribution in [0.25, 0.3) is 6.08 Å². The van der Waals surface area contributed by atoms with E-state index in [0.717, 1.165) is 30.6 Å². The minimum absolute atomic E-state index is 0.0614. The van der Waals surface area contributed by atoms with Crippen molar-refractivity contribution in [3.8, 4) is 5.75 Å². The molecular weight excluding hydrogens is 310 g/mol. The summed E-state index contributed by atoms with van der Waals surface area (Å²) in [5, 5.41) is 3.12. The van der Waals surface area contributed by atoms with Gasteiger partial charge in [0, 0.05) is 6.08 Å². The highest BCUT2D eigenvalue weighted by Gasteiger charge is 2.20. The smallest absolute Gasteiger partial charge is 0.244 e. The number of hydrogen-bond acceptors (Lipinski definition) is 2. The Bertz CT molecular complexity index is 762. The van der Waals surface area contributed by atoms with E-state index in [1.54, 1.807) is 12.2 Å². The van der Waals surface area contributed by atoms with Crippen molar-refractivity contribution in [2.45, 2.75) is 25.3 Å². The van der Waals surface area contributed by atoms with Crippen LogP contribution in [0.15, 0.2) is 67.3 Å². The lowest BCUT2D eigenvalue weighted by Gasteiger charge is -2.25. The summed E-state index contributed by atoms with van der Waals surface area (Å²) >= 11 is 0. The Morgan fingerprint density at radius 3 is 2.80 bits per heavy atom. The molecule has 1 aliphatic carbocycles. The van der Waals surface area contributed by atoms with Gasteiger partial charge in [-0.2, -0.15) is 0 Å². The standard InChI is InChI=1S/C22H23NO2/c1-2-16-25-19-13-10-17(11-14-19)12-15-22(24)23-21-9-5-7-18-6-3-4-8-20(18)21/h2-4,6,8,10-15,21H,1,5,7,9,16H2,(H,23,24)/b15-12+/t21-/m0/s1. The summed E-state index contributed by atoms with van der Waals surface area (Å²) in [6.45, 7) is 4.11. The van der Waals surface area contributed by atoms with Crippen molar-refractivity contribution >= 4 is 12.0 Å². The fraction of sp³-hybridized carbons (Fsp3) is 0.227. The number of benzene rings is 2. The number of amides is 1. The van der Waals surface area contributed by atoms with E-state index in [4.69, 9.17) is 4.74 Å². The third-order valence-electron chi connectivity index (χ3n) is 4.36. The minimum Gasteiger partial charge on any atom is -0.490 e. The van der Waals surface area contributed by atoms with E-state index in [-0.39, 0.29) is 11.9 Å². The predicted octanol–water partition coefficient (Wildman–Crippen LogP) is 4.46. The van der Waals surface area contributed by atoms with Gasteiger partial charge in [0.25, 0.3) is 0 Å². The average molecular weight is 333 g/mol. The Labute approximate surface area is 149 Å². The quantitative estimate of drug-likeness (QED) is 0.626. The fourth-order valence-corrected chi connectivity index (χ4v) is 3.13. The second-order valence-corrected chi connectivity index (χ2v) is 6.15. The lowest BCUT2D eigenvalue weighted by atomic mass is 9.88. The van der Waals surface area contributed by atoms with E-state index < -0.39 is 0 Å². The molecule has 1 amide bonds. The van der Waals surface area contributed by atoms with E-state index in [0.29, 0.717) is 6.61 Å². The van der Waals surface area contributed by atoms with E-state index in [1.807, 2.05) is 36.4 Å². The summed E-state index contributed by atoms with van der Waals surface area (Å²) in [4.78, 5) is 12.3. The second-order valence-electron chi connectivity index (χ2n) is 6.15. The molecule has 0 unspecified atom stereocenters. The number of carbonyl (C=O) groups excluding carboxylic acids is 1. The lowest BCUT2D eigenvalue weighted by Crippen LogP contribution is -2.29. The third-order valence-corrected chi connectivity index (χ3v) is 4.36. The van der Waals surface area contributed by atoms with Crippen LogP contribution in [-0.2, 0) is 11.2 Å². The molecule has 0 bridgehead atoms. The van der Waals surface area contributed by atoms with Crippen molar-refractivity contribution in [3.05, 3.63) is 84.0 Å². The maximum Gasteiger partial charge on any atom is 0.244 e. The fourth-order valence-electron chi connectivity index (χ4n) is 3.13. The number of carbonyl (C=O) groups is 1. The Hall–Kier alpha value is -2.81. The largest absolute Gasteiger partial charge is 0.490 e. The molecule has 1 atom stereocenters. The molecule has 3 heteroatoms. The van der Waals surface area contributed by atoms with Gasteiger partial charge in [0.1, 0.15) is 12.4 Å². The summed E-state index contributed by atoms with van der Waals surface area (Å²) < 4.78 is 5.45. The number of hydrogen-bond donors (Lipinski definition) is 1. The van der Waals surface area contributed by atoms with Gasteiger partial charge in [0.15, 0.2) is 0 Å². The van der Waals surface area contributed by atoms with Crippen molar-refractivity contribution in [2.24, 2.45) is 0 Å². The molecule has 2 aromatic carbocycles. The van der Waals surface area contributed by atoms with E-state index in [1.165, 1.54) is 11.1 Å². The number of rotatable bonds is 6. The Kier molecular flexibility index (Phi) is 5.68. The second kappa shape index (κ2) is 8.34. The first-order chi connectivity index (χ1) is 12.3. The van der Waals surface area contributed by atoms with Gasteiger partial charge >= 0.3 is 0 Å². The molecule has 0 aromatic heterocycles. The normalized spacial score (nSPS) is 16.2. The zero-order valence-corrected chi connectivity index (χ0v) is 14.3. The monoisotopic (exact) mass is 333 g/mol. The first-order valence-electron chi connectivity index (χ1n) is 8.66. The van der Waals surface area contributed by atoms with Crippen molar-refractivity contribution in [1.82, 2.24) is 5.32 Å². The highest BCUT2D eigenvalue weighted by atomic mass is 16.5. The lowest BCUT2D eigenvalue weighted by molar-refractivity contribution is -0.117. The number of ether oxygens (including phenoxy) is 1. The highest BCUT2D eigenvalue weighted by molar-refractivity contribution is 5.92. The molecule has 0 heterocycles. The van der Waals surface area contributed by atoms with Gasteiger partial charge in [-0.05, 0) is 54.2 Å². The molecule has 25 heavy (non-hydrogen) atoms. The molecule has 0 fully saturated rings. The molecule has 0 saturated heterocycles. The summed E-state index contributed by atoms with van der Waals surface area (Å²) in [5.41, 5.74) is 3.56. The molecule has 0 radical (unpaired) electrons. The van der Waals surface area contributed by atoms with Crippen LogP contribution in [-0.4, -0.2) is 12.5 Å². The van der Waals surface area contributed by atoms with Crippen LogP contribution < -0.4 is 10.1 Å². The van der Waals surface area contributed by atoms with Crippen LogP contribution in [0.1, 0.15) is 35.6 Å². The molecule has 0 spiro atoms. The molecule has 0 saturated carbocycles. The van der Waals surface area contributed by atoms with Crippen LogP contribution in [0, 0.1) is 0 Å².